The third-order valence-corrected chi connectivity index (χ3v) is 4.68. The van der Waals surface area contributed by atoms with Crippen molar-refractivity contribution in [3.8, 4) is 5.75 Å². The highest BCUT2D eigenvalue weighted by Crippen LogP contribution is 2.31. The molecular formula is C21H23N3O4. The second kappa shape index (κ2) is 8.12. The predicted molar refractivity (Wildman–Crippen MR) is 107 cm³/mol. The van der Waals surface area contributed by atoms with Gasteiger partial charge in [0, 0.05) is 25.1 Å². The highest BCUT2D eigenvalue weighted by molar-refractivity contribution is 6.06. The van der Waals surface area contributed by atoms with E-state index in [1.54, 1.807) is 61.5 Å². The molecule has 0 saturated carbocycles. The van der Waals surface area contributed by atoms with E-state index in [1.807, 2.05) is 13.0 Å². The quantitative estimate of drug-likeness (QED) is 0.883. The molecule has 0 spiro atoms. The van der Waals surface area contributed by atoms with Crippen LogP contribution in [0.5, 0.6) is 5.75 Å². The van der Waals surface area contributed by atoms with E-state index in [0.717, 1.165) is 0 Å². The summed E-state index contributed by atoms with van der Waals surface area (Å²) < 4.78 is 5.10. The van der Waals surface area contributed by atoms with Gasteiger partial charge in [0.2, 0.25) is 11.8 Å². The van der Waals surface area contributed by atoms with Gasteiger partial charge in [0.05, 0.1) is 18.5 Å². The topological polar surface area (TPSA) is 79.0 Å². The van der Waals surface area contributed by atoms with Crippen LogP contribution in [0.4, 0.5) is 11.4 Å². The van der Waals surface area contributed by atoms with Crippen LogP contribution < -0.4 is 15.0 Å². The Balaban J connectivity index is 1.79. The van der Waals surface area contributed by atoms with Crippen LogP contribution in [0.1, 0.15) is 23.7 Å². The number of nitrogens with one attached hydrogen (secondary N) is 1. The number of carbonyl (C=O) groups is 3. The Morgan fingerprint density at radius 3 is 2.54 bits per heavy atom. The molecule has 146 valence electrons. The highest BCUT2D eigenvalue weighted by atomic mass is 16.5. The van der Waals surface area contributed by atoms with Gasteiger partial charge in [0.1, 0.15) is 12.3 Å². The minimum atomic E-state index is -0.319. The van der Waals surface area contributed by atoms with Gasteiger partial charge < -0.3 is 19.9 Å². The molecule has 3 rings (SSSR count). The van der Waals surface area contributed by atoms with E-state index in [-0.39, 0.29) is 36.7 Å². The van der Waals surface area contributed by atoms with Crippen molar-refractivity contribution < 1.29 is 19.1 Å². The van der Waals surface area contributed by atoms with Gasteiger partial charge in [-0.05, 0) is 43.3 Å². The van der Waals surface area contributed by atoms with Crippen LogP contribution in [-0.2, 0) is 9.59 Å². The minimum Gasteiger partial charge on any atom is -0.497 e. The average molecular weight is 381 g/mol. The van der Waals surface area contributed by atoms with E-state index < -0.39 is 0 Å². The molecule has 0 radical (unpaired) electrons. The fourth-order valence-corrected chi connectivity index (χ4v) is 3.27. The fourth-order valence-electron chi connectivity index (χ4n) is 3.27. The standard InChI is InChI=1S/C21H23N3O4/c1-14-12-19(25)22-17-6-4-5-7-18(17)24(14)20(26)13-23(2)21(27)15-8-10-16(28-3)11-9-15/h4-11,14H,12-13H2,1-3H3,(H,22,25)/t14-/m0/s1. The van der Waals surface area contributed by atoms with E-state index in [9.17, 15) is 14.4 Å². The Hall–Kier alpha value is -3.35. The molecule has 0 aromatic heterocycles. The second-order valence-corrected chi connectivity index (χ2v) is 6.77. The summed E-state index contributed by atoms with van der Waals surface area (Å²) in [5, 5.41) is 2.83. The van der Waals surface area contributed by atoms with Crippen molar-refractivity contribution in [2.75, 3.05) is 30.9 Å². The van der Waals surface area contributed by atoms with E-state index in [2.05, 4.69) is 5.32 Å². The molecule has 1 aliphatic heterocycles. The first-order valence-electron chi connectivity index (χ1n) is 9.01. The summed E-state index contributed by atoms with van der Waals surface area (Å²) in [6.45, 7) is 1.72. The zero-order chi connectivity index (χ0) is 20.3. The number of hydrogen-bond acceptors (Lipinski definition) is 4. The number of anilines is 2. The lowest BCUT2D eigenvalue weighted by Gasteiger charge is -2.29. The smallest absolute Gasteiger partial charge is 0.254 e. The van der Waals surface area contributed by atoms with Crippen LogP contribution in [0.15, 0.2) is 48.5 Å². The Bertz CT molecular complexity index is 895. The van der Waals surface area contributed by atoms with Crippen molar-refractivity contribution in [2.24, 2.45) is 0 Å². The molecule has 7 nitrogen and oxygen atoms in total. The van der Waals surface area contributed by atoms with Gasteiger partial charge in [0.25, 0.3) is 5.91 Å². The molecule has 0 saturated heterocycles. The van der Waals surface area contributed by atoms with Crippen LogP contribution in [0.25, 0.3) is 0 Å². The molecule has 2 aromatic carbocycles. The molecule has 0 unspecified atom stereocenters. The fraction of sp³-hybridized carbons (Fsp3) is 0.286. The molecule has 3 amide bonds. The number of fused-ring (bicyclic) bond motifs is 1. The molecular weight excluding hydrogens is 358 g/mol. The summed E-state index contributed by atoms with van der Waals surface area (Å²) in [4.78, 5) is 40.7. The van der Waals surface area contributed by atoms with Crippen LogP contribution in [0.2, 0.25) is 0 Å². The summed E-state index contributed by atoms with van der Waals surface area (Å²) in [7, 11) is 3.14. The summed E-state index contributed by atoms with van der Waals surface area (Å²) >= 11 is 0. The zero-order valence-corrected chi connectivity index (χ0v) is 16.1. The molecule has 28 heavy (non-hydrogen) atoms. The number of carbonyl (C=O) groups excluding carboxylic acids is 3. The van der Waals surface area contributed by atoms with Crippen LogP contribution >= 0.6 is 0 Å². The molecule has 7 heteroatoms. The maximum atomic E-state index is 13.1. The summed E-state index contributed by atoms with van der Waals surface area (Å²) in [6.07, 6.45) is 0.191. The predicted octanol–water partition coefficient (Wildman–Crippen LogP) is 2.53. The molecule has 1 atom stereocenters. The van der Waals surface area contributed by atoms with Crippen molar-refractivity contribution in [3.05, 3.63) is 54.1 Å². The van der Waals surface area contributed by atoms with Gasteiger partial charge in [-0.3, -0.25) is 14.4 Å². The number of rotatable bonds is 4. The van der Waals surface area contributed by atoms with E-state index in [1.165, 1.54) is 4.90 Å². The van der Waals surface area contributed by atoms with Gasteiger partial charge in [-0.2, -0.15) is 0 Å². The lowest BCUT2D eigenvalue weighted by molar-refractivity contribution is -0.119. The van der Waals surface area contributed by atoms with Gasteiger partial charge in [-0.15, -0.1) is 0 Å². The SMILES string of the molecule is COc1ccc(C(=O)N(C)CC(=O)N2c3ccccc3NC(=O)C[C@@H]2C)cc1. The monoisotopic (exact) mass is 381 g/mol. The lowest BCUT2D eigenvalue weighted by Crippen LogP contribution is -2.45. The molecule has 1 aliphatic rings. The first-order valence-corrected chi connectivity index (χ1v) is 9.01. The number of likely N-dealkylation sites (N-methyl/N-ethyl adjacent to an activating group) is 1. The molecule has 0 aliphatic carbocycles. The zero-order valence-electron chi connectivity index (χ0n) is 16.1. The Morgan fingerprint density at radius 1 is 1.18 bits per heavy atom. The van der Waals surface area contributed by atoms with Crippen molar-refractivity contribution in [3.63, 3.8) is 0 Å². The van der Waals surface area contributed by atoms with Gasteiger partial charge in [-0.1, -0.05) is 12.1 Å². The largest absolute Gasteiger partial charge is 0.497 e. The Labute approximate surface area is 163 Å². The van der Waals surface area contributed by atoms with Crippen LogP contribution in [0.3, 0.4) is 0 Å². The molecule has 1 N–H and O–H groups in total. The van der Waals surface area contributed by atoms with Crippen molar-refractivity contribution in [1.29, 1.82) is 0 Å². The summed E-state index contributed by atoms with van der Waals surface area (Å²) in [5.41, 5.74) is 1.70. The van der Waals surface area contributed by atoms with Crippen molar-refractivity contribution in [1.82, 2.24) is 4.90 Å². The summed E-state index contributed by atoms with van der Waals surface area (Å²) in [5.74, 6) is 0.00198. The van der Waals surface area contributed by atoms with Gasteiger partial charge in [0.15, 0.2) is 0 Å². The number of amides is 3. The number of nitrogens with zero attached hydrogens (tertiary/aromatic N) is 2. The molecule has 1 heterocycles. The Kier molecular flexibility index (Phi) is 5.63. The first kappa shape index (κ1) is 19.4. The van der Waals surface area contributed by atoms with E-state index >= 15 is 0 Å². The van der Waals surface area contributed by atoms with Gasteiger partial charge in [-0.25, -0.2) is 0 Å². The number of methoxy groups -OCH3 is 1. The average Bonchev–Trinajstić information content (AvgIpc) is 2.81. The Morgan fingerprint density at radius 2 is 1.86 bits per heavy atom. The lowest BCUT2D eigenvalue weighted by atomic mass is 10.1. The van der Waals surface area contributed by atoms with E-state index in [4.69, 9.17) is 4.74 Å². The molecule has 0 bridgehead atoms. The number of ether oxygens (including phenoxy) is 1. The minimum absolute atomic E-state index is 0.0995. The maximum Gasteiger partial charge on any atom is 0.254 e. The number of benzene rings is 2. The normalized spacial score (nSPS) is 15.9. The highest BCUT2D eigenvalue weighted by Gasteiger charge is 2.30. The number of para-hydroxylation sites is 2. The van der Waals surface area contributed by atoms with E-state index in [0.29, 0.717) is 22.7 Å². The molecule has 2 aromatic rings. The first-order chi connectivity index (χ1) is 13.4. The number of hydrogen-bond donors (Lipinski definition) is 1. The third-order valence-electron chi connectivity index (χ3n) is 4.68. The maximum absolute atomic E-state index is 13.1. The second-order valence-electron chi connectivity index (χ2n) is 6.77. The van der Waals surface area contributed by atoms with Gasteiger partial charge >= 0.3 is 0 Å². The third kappa shape index (κ3) is 3.98. The summed E-state index contributed by atoms with van der Waals surface area (Å²) in [6, 6.07) is 13.6. The van der Waals surface area contributed by atoms with Crippen LogP contribution in [0, 0.1) is 0 Å². The van der Waals surface area contributed by atoms with Crippen molar-refractivity contribution >= 4 is 29.1 Å². The molecule has 0 fully saturated rings. The van der Waals surface area contributed by atoms with Crippen molar-refractivity contribution in [2.45, 2.75) is 19.4 Å². The van der Waals surface area contributed by atoms with Crippen LogP contribution in [-0.4, -0.2) is 49.4 Å².